The van der Waals surface area contributed by atoms with Gasteiger partial charge in [0.15, 0.2) is 9.84 Å². The van der Waals surface area contributed by atoms with Gasteiger partial charge in [-0.25, -0.2) is 8.42 Å². The van der Waals surface area contributed by atoms with Crippen molar-refractivity contribution in [3.05, 3.63) is 24.3 Å². The van der Waals surface area contributed by atoms with Gasteiger partial charge in [-0.05, 0) is 68.8 Å². The predicted octanol–water partition coefficient (Wildman–Crippen LogP) is 2.93. The van der Waals surface area contributed by atoms with Crippen LogP contribution in [0.3, 0.4) is 0 Å². The molecule has 2 heterocycles. The molecule has 0 spiro atoms. The van der Waals surface area contributed by atoms with Crippen LogP contribution in [0.1, 0.15) is 39.0 Å². The largest absolute Gasteiger partial charge is 0.371 e. The Balaban J connectivity index is 1.46. The van der Waals surface area contributed by atoms with Gasteiger partial charge in [0.25, 0.3) is 0 Å². The number of likely N-dealkylation sites (tertiary alicyclic amines) is 1. The van der Waals surface area contributed by atoms with E-state index in [-0.39, 0.29) is 5.75 Å². The molecule has 4 rings (SSSR count). The number of hydrogen-bond acceptors (Lipinski definition) is 4. The van der Waals surface area contributed by atoms with E-state index in [0.29, 0.717) is 4.90 Å². The van der Waals surface area contributed by atoms with Crippen molar-refractivity contribution in [1.82, 2.24) is 4.90 Å². The van der Waals surface area contributed by atoms with Gasteiger partial charge in [-0.2, -0.15) is 0 Å². The number of hydrogen-bond donors (Lipinski definition) is 0. The van der Waals surface area contributed by atoms with Gasteiger partial charge in [-0.1, -0.05) is 6.92 Å². The highest BCUT2D eigenvalue weighted by Crippen LogP contribution is 2.39. The van der Waals surface area contributed by atoms with E-state index in [2.05, 4.69) is 9.80 Å². The molecule has 0 radical (unpaired) electrons. The van der Waals surface area contributed by atoms with Gasteiger partial charge in [-0.3, -0.25) is 4.90 Å². The number of nitrogens with zero attached hydrogens (tertiary/aromatic N) is 2. The number of rotatable bonds is 4. The van der Waals surface area contributed by atoms with Crippen LogP contribution in [0.15, 0.2) is 29.2 Å². The predicted molar refractivity (Wildman–Crippen MR) is 97.2 cm³/mol. The molecule has 2 atom stereocenters. The van der Waals surface area contributed by atoms with Gasteiger partial charge >= 0.3 is 0 Å². The second-order valence-corrected chi connectivity index (χ2v) is 9.85. The third-order valence-corrected chi connectivity index (χ3v) is 7.82. The summed E-state index contributed by atoms with van der Waals surface area (Å²) in [6, 6.07) is 9.19. The standard InChI is InChI=1S/C19H28N2O2S/c1-2-24(22,23)18-9-7-16(8-10-18)20-13-11-19-15(14-20)4-3-12-21(19)17-5-6-17/h7-10,15,17,19H,2-6,11-14H2,1H3/t15-,19+/m0/s1. The van der Waals surface area contributed by atoms with E-state index in [1.165, 1.54) is 44.3 Å². The Bertz CT molecular complexity index is 682. The maximum atomic E-state index is 12.0. The van der Waals surface area contributed by atoms with Crippen LogP contribution in [-0.4, -0.2) is 50.8 Å². The van der Waals surface area contributed by atoms with Crippen molar-refractivity contribution in [3.8, 4) is 0 Å². The molecule has 1 aliphatic carbocycles. The monoisotopic (exact) mass is 348 g/mol. The maximum absolute atomic E-state index is 12.0. The lowest BCUT2D eigenvalue weighted by Gasteiger charge is -2.48. The van der Waals surface area contributed by atoms with Crippen LogP contribution in [0, 0.1) is 5.92 Å². The third-order valence-electron chi connectivity index (χ3n) is 6.07. The Morgan fingerprint density at radius 3 is 2.46 bits per heavy atom. The van der Waals surface area contributed by atoms with Crippen LogP contribution in [0.5, 0.6) is 0 Å². The molecule has 1 saturated carbocycles. The Morgan fingerprint density at radius 2 is 1.79 bits per heavy atom. The zero-order valence-electron chi connectivity index (χ0n) is 14.5. The molecule has 1 aromatic carbocycles. The summed E-state index contributed by atoms with van der Waals surface area (Å²) in [6.07, 6.45) is 6.72. The number of sulfone groups is 1. The van der Waals surface area contributed by atoms with E-state index >= 15 is 0 Å². The number of fused-ring (bicyclic) bond motifs is 1. The summed E-state index contributed by atoms with van der Waals surface area (Å²) in [4.78, 5) is 5.70. The molecule has 0 bridgehead atoms. The lowest BCUT2D eigenvalue weighted by atomic mass is 9.83. The lowest BCUT2D eigenvalue weighted by Crippen LogP contribution is -2.54. The van der Waals surface area contributed by atoms with Gasteiger partial charge < -0.3 is 4.90 Å². The summed E-state index contributed by atoms with van der Waals surface area (Å²) < 4.78 is 23.9. The summed E-state index contributed by atoms with van der Waals surface area (Å²) in [7, 11) is -3.10. The fourth-order valence-electron chi connectivity index (χ4n) is 4.57. The first-order valence-electron chi connectivity index (χ1n) is 9.42. The van der Waals surface area contributed by atoms with Gasteiger partial charge in [-0.15, -0.1) is 0 Å². The topological polar surface area (TPSA) is 40.6 Å². The molecule has 0 amide bonds. The van der Waals surface area contributed by atoms with Crippen molar-refractivity contribution in [1.29, 1.82) is 0 Å². The molecule has 0 unspecified atom stereocenters. The Morgan fingerprint density at radius 1 is 1.04 bits per heavy atom. The smallest absolute Gasteiger partial charge is 0.178 e. The molecule has 132 valence electrons. The first-order chi connectivity index (χ1) is 11.6. The summed E-state index contributed by atoms with van der Waals surface area (Å²) in [6.45, 7) is 5.20. The average molecular weight is 349 g/mol. The minimum absolute atomic E-state index is 0.164. The highest BCUT2D eigenvalue weighted by atomic mass is 32.2. The molecular formula is C19H28N2O2S. The Labute approximate surface area is 145 Å². The van der Waals surface area contributed by atoms with E-state index < -0.39 is 9.84 Å². The van der Waals surface area contributed by atoms with E-state index in [0.717, 1.165) is 31.1 Å². The first-order valence-corrected chi connectivity index (χ1v) is 11.1. The summed E-state index contributed by atoms with van der Waals surface area (Å²) >= 11 is 0. The normalized spacial score (nSPS) is 28.6. The zero-order valence-corrected chi connectivity index (χ0v) is 15.3. The first kappa shape index (κ1) is 16.4. The fraction of sp³-hybridized carbons (Fsp3) is 0.684. The molecule has 24 heavy (non-hydrogen) atoms. The zero-order chi connectivity index (χ0) is 16.7. The fourth-order valence-corrected chi connectivity index (χ4v) is 5.45. The number of anilines is 1. The van der Waals surface area contributed by atoms with E-state index in [1.807, 2.05) is 12.1 Å². The quantitative estimate of drug-likeness (QED) is 0.839. The van der Waals surface area contributed by atoms with Crippen molar-refractivity contribution < 1.29 is 8.42 Å². The second-order valence-electron chi connectivity index (χ2n) is 7.57. The van der Waals surface area contributed by atoms with Gasteiger partial charge in [0.1, 0.15) is 0 Å². The van der Waals surface area contributed by atoms with Crippen molar-refractivity contribution in [2.75, 3.05) is 30.3 Å². The van der Waals surface area contributed by atoms with Gasteiger partial charge in [0.2, 0.25) is 0 Å². The average Bonchev–Trinajstić information content (AvgIpc) is 3.46. The van der Waals surface area contributed by atoms with E-state index in [9.17, 15) is 8.42 Å². The highest BCUT2D eigenvalue weighted by molar-refractivity contribution is 7.91. The van der Waals surface area contributed by atoms with Crippen LogP contribution in [-0.2, 0) is 9.84 Å². The van der Waals surface area contributed by atoms with Crippen LogP contribution >= 0.6 is 0 Å². The van der Waals surface area contributed by atoms with Crippen LogP contribution in [0.25, 0.3) is 0 Å². The summed E-state index contributed by atoms with van der Waals surface area (Å²) in [5.41, 5.74) is 1.17. The van der Waals surface area contributed by atoms with Crippen LogP contribution < -0.4 is 4.90 Å². The molecule has 4 nitrogen and oxygen atoms in total. The molecule has 3 aliphatic rings. The molecular weight excluding hydrogens is 320 g/mol. The van der Waals surface area contributed by atoms with Gasteiger partial charge in [0.05, 0.1) is 10.6 Å². The molecule has 5 heteroatoms. The van der Waals surface area contributed by atoms with Crippen LogP contribution in [0.4, 0.5) is 5.69 Å². The van der Waals surface area contributed by atoms with Crippen molar-refractivity contribution in [2.24, 2.45) is 5.92 Å². The maximum Gasteiger partial charge on any atom is 0.178 e. The molecule has 0 aromatic heterocycles. The van der Waals surface area contributed by atoms with E-state index in [1.54, 1.807) is 19.1 Å². The molecule has 0 N–H and O–H groups in total. The minimum atomic E-state index is -3.10. The van der Waals surface area contributed by atoms with Crippen LogP contribution in [0.2, 0.25) is 0 Å². The molecule has 3 fully saturated rings. The minimum Gasteiger partial charge on any atom is -0.371 e. The van der Waals surface area contributed by atoms with Crippen molar-refractivity contribution >= 4 is 15.5 Å². The third kappa shape index (κ3) is 3.08. The van der Waals surface area contributed by atoms with Crippen molar-refractivity contribution in [2.45, 2.75) is 56.0 Å². The SMILES string of the molecule is CCS(=O)(=O)c1ccc(N2CC[C@@H]3[C@@H](CCCN3C3CC3)C2)cc1. The molecule has 2 saturated heterocycles. The van der Waals surface area contributed by atoms with E-state index in [4.69, 9.17) is 0 Å². The summed E-state index contributed by atoms with van der Waals surface area (Å²) in [5, 5.41) is 0. The lowest BCUT2D eigenvalue weighted by molar-refractivity contribution is 0.0698. The highest BCUT2D eigenvalue weighted by Gasteiger charge is 2.41. The number of piperidine rings is 2. The Hall–Kier alpha value is -1.07. The molecule has 1 aromatic rings. The molecule has 2 aliphatic heterocycles. The van der Waals surface area contributed by atoms with Gasteiger partial charge in [0, 0.05) is 30.9 Å². The van der Waals surface area contributed by atoms with Crippen molar-refractivity contribution in [3.63, 3.8) is 0 Å². The summed E-state index contributed by atoms with van der Waals surface area (Å²) in [5.74, 6) is 0.934. The number of benzene rings is 1. The Kier molecular flexibility index (Phi) is 4.33. The second kappa shape index (κ2) is 6.34.